The number of rotatable bonds is 3. The second kappa shape index (κ2) is 4.91. The fraction of sp³-hybridized carbons (Fsp3) is 0.429. The van der Waals surface area contributed by atoms with E-state index in [1.165, 1.54) is 13.8 Å². The molecule has 0 atom stereocenters. The van der Waals surface area contributed by atoms with Crippen LogP contribution in [0.1, 0.15) is 36.2 Å². The fourth-order valence-corrected chi connectivity index (χ4v) is 2.03. The van der Waals surface area contributed by atoms with Crippen LogP contribution in [0.3, 0.4) is 0 Å². The number of hydrogen-bond acceptors (Lipinski definition) is 3. The number of fused-ring (bicyclic) bond motifs is 1. The molecule has 19 heavy (non-hydrogen) atoms. The van der Waals surface area contributed by atoms with Crippen molar-refractivity contribution in [3.63, 3.8) is 0 Å². The van der Waals surface area contributed by atoms with Gasteiger partial charge >= 0.3 is 5.97 Å². The van der Waals surface area contributed by atoms with Crippen LogP contribution in [-0.2, 0) is 11.2 Å². The van der Waals surface area contributed by atoms with Crippen molar-refractivity contribution >= 4 is 17.6 Å². The maximum atomic E-state index is 12.1. The van der Waals surface area contributed by atoms with Gasteiger partial charge in [-0.1, -0.05) is 0 Å². The lowest BCUT2D eigenvalue weighted by atomic mass is 9.99. The first kappa shape index (κ1) is 13.4. The number of aryl methyl sites for hydroxylation is 1. The number of benzene rings is 1. The van der Waals surface area contributed by atoms with Crippen molar-refractivity contribution in [1.29, 1.82) is 0 Å². The topological polar surface area (TPSA) is 78.4 Å². The molecule has 1 amide bonds. The van der Waals surface area contributed by atoms with Gasteiger partial charge in [0.15, 0.2) is 0 Å². The van der Waals surface area contributed by atoms with Crippen molar-refractivity contribution in [2.24, 2.45) is 0 Å². The second-order valence-corrected chi connectivity index (χ2v) is 5.29. The number of carboxylic acid groups (broad SMARTS) is 1. The van der Waals surface area contributed by atoms with Crippen LogP contribution in [0, 0.1) is 0 Å². The third-order valence-corrected chi connectivity index (χ3v) is 3.27. The van der Waals surface area contributed by atoms with E-state index in [0.717, 1.165) is 30.6 Å². The highest BCUT2D eigenvalue weighted by atomic mass is 16.4. The molecule has 0 aromatic heterocycles. The summed E-state index contributed by atoms with van der Waals surface area (Å²) in [5.41, 5.74) is 1.38. The normalized spacial score (nSPS) is 14.2. The quantitative estimate of drug-likeness (QED) is 0.773. The zero-order chi connectivity index (χ0) is 14.0. The van der Waals surface area contributed by atoms with Gasteiger partial charge in [0.25, 0.3) is 5.91 Å². The number of nitrogens with one attached hydrogen (secondary N) is 2. The lowest BCUT2D eigenvalue weighted by Crippen LogP contribution is -2.49. The van der Waals surface area contributed by atoms with E-state index < -0.39 is 11.5 Å². The highest BCUT2D eigenvalue weighted by molar-refractivity contribution is 5.98. The summed E-state index contributed by atoms with van der Waals surface area (Å²) in [7, 11) is 0. The molecule has 1 aromatic carbocycles. The monoisotopic (exact) mass is 262 g/mol. The molecule has 1 heterocycles. The SMILES string of the molecule is CC(C)(NC(=O)c1ccc2c(c1)CCCN2)C(=O)O. The third kappa shape index (κ3) is 2.86. The van der Waals surface area contributed by atoms with Crippen LogP contribution in [-0.4, -0.2) is 29.1 Å². The molecule has 0 radical (unpaired) electrons. The zero-order valence-corrected chi connectivity index (χ0v) is 11.1. The Kier molecular flexibility index (Phi) is 3.46. The highest BCUT2D eigenvalue weighted by Gasteiger charge is 2.29. The van der Waals surface area contributed by atoms with Gasteiger partial charge in [-0.15, -0.1) is 0 Å². The minimum Gasteiger partial charge on any atom is -0.480 e. The summed E-state index contributed by atoms with van der Waals surface area (Å²) in [5.74, 6) is -1.42. The van der Waals surface area contributed by atoms with Crippen LogP contribution < -0.4 is 10.6 Å². The van der Waals surface area contributed by atoms with E-state index in [2.05, 4.69) is 10.6 Å². The Morgan fingerprint density at radius 1 is 1.37 bits per heavy atom. The molecular formula is C14H18N2O3. The van der Waals surface area contributed by atoms with Crippen molar-refractivity contribution in [2.45, 2.75) is 32.2 Å². The molecule has 2 rings (SSSR count). The van der Waals surface area contributed by atoms with Gasteiger partial charge in [-0.05, 0) is 50.5 Å². The predicted molar refractivity (Wildman–Crippen MR) is 72.4 cm³/mol. The van der Waals surface area contributed by atoms with Crippen LogP contribution in [0.2, 0.25) is 0 Å². The van der Waals surface area contributed by atoms with Gasteiger partial charge < -0.3 is 15.7 Å². The average Bonchev–Trinajstić information content (AvgIpc) is 2.37. The minimum absolute atomic E-state index is 0.360. The van der Waals surface area contributed by atoms with Crippen LogP contribution in [0.5, 0.6) is 0 Å². The number of anilines is 1. The van der Waals surface area contributed by atoms with Gasteiger partial charge in [-0.25, -0.2) is 4.79 Å². The molecule has 0 fully saturated rings. The number of carboxylic acids is 1. The molecule has 1 aliphatic heterocycles. The molecule has 0 saturated carbocycles. The van der Waals surface area contributed by atoms with Gasteiger partial charge in [0.05, 0.1) is 0 Å². The smallest absolute Gasteiger partial charge is 0.328 e. The van der Waals surface area contributed by atoms with Gasteiger partial charge in [0, 0.05) is 17.8 Å². The number of carbonyl (C=O) groups is 2. The fourth-order valence-electron chi connectivity index (χ4n) is 2.03. The lowest BCUT2D eigenvalue weighted by molar-refractivity contribution is -0.143. The third-order valence-electron chi connectivity index (χ3n) is 3.27. The molecule has 1 aliphatic rings. The molecule has 0 saturated heterocycles. The van der Waals surface area contributed by atoms with E-state index in [1.807, 2.05) is 12.1 Å². The lowest BCUT2D eigenvalue weighted by Gasteiger charge is -2.22. The van der Waals surface area contributed by atoms with E-state index in [4.69, 9.17) is 5.11 Å². The molecule has 3 N–H and O–H groups in total. The first-order valence-electron chi connectivity index (χ1n) is 6.33. The Bertz CT molecular complexity index is 523. The van der Waals surface area contributed by atoms with E-state index in [9.17, 15) is 9.59 Å². The summed E-state index contributed by atoms with van der Waals surface area (Å²) in [5, 5.41) is 14.8. The molecule has 5 nitrogen and oxygen atoms in total. The van der Waals surface area contributed by atoms with Gasteiger partial charge in [-0.2, -0.15) is 0 Å². The largest absolute Gasteiger partial charge is 0.480 e. The number of amides is 1. The predicted octanol–water partition coefficient (Wildman–Crippen LogP) is 1.64. The summed E-state index contributed by atoms with van der Waals surface area (Å²) >= 11 is 0. The van der Waals surface area contributed by atoms with E-state index >= 15 is 0 Å². The van der Waals surface area contributed by atoms with Crippen molar-refractivity contribution in [2.75, 3.05) is 11.9 Å². The van der Waals surface area contributed by atoms with Crippen molar-refractivity contribution in [3.8, 4) is 0 Å². The number of aliphatic carboxylic acids is 1. The first-order valence-corrected chi connectivity index (χ1v) is 6.33. The second-order valence-electron chi connectivity index (χ2n) is 5.29. The highest BCUT2D eigenvalue weighted by Crippen LogP contribution is 2.23. The van der Waals surface area contributed by atoms with Crippen LogP contribution in [0.15, 0.2) is 18.2 Å². The standard InChI is InChI=1S/C14H18N2O3/c1-14(2,13(18)19)16-12(17)10-5-6-11-9(8-10)4-3-7-15-11/h5-6,8,15H,3-4,7H2,1-2H3,(H,16,17)(H,18,19). The minimum atomic E-state index is -1.27. The zero-order valence-electron chi connectivity index (χ0n) is 11.1. The summed E-state index contributed by atoms with van der Waals surface area (Å²) in [6.45, 7) is 3.88. The number of carbonyl (C=O) groups excluding carboxylic acids is 1. The van der Waals surface area contributed by atoms with Crippen LogP contribution in [0.25, 0.3) is 0 Å². The van der Waals surface area contributed by atoms with Crippen LogP contribution >= 0.6 is 0 Å². The number of hydrogen-bond donors (Lipinski definition) is 3. The molecule has 102 valence electrons. The average molecular weight is 262 g/mol. The molecular weight excluding hydrogens is 244 g/mol. The molecule has 0 spiro atoms. The summed E-state index contributed by atoms with van der Waals surface area (Å²) in [4.78, 5) is 23.1. The molecule has 1 aromatic rings. The Labute approximate surface area is 112 Å². The van der Waals surface area contributed by atoms with Crippen molar-refractivity contribution in [1.82, 2.24) is 5.32 Å². The Morgan fingerprint density at radius 2 is 2.11 bits per heavy atom. The summed E-state index contributed by atoms with van der Waals surface area (Å²) in [6.07, 6.45) is 1.98. The van der Waals surface area contributed by atoms with Crippen molar-refractivity contribution in [3.05, 3.63) is 29.3 Å². The van der Waals surface area contributed by atoms with Gasteiger partial charge in [0.1, 0.15) is 5.54 Å². The Hall–Kier alpha value is -2.04. The summed E-state index contributed by atoms with van der Waals surface area (Å²) in [6, 6.07) is 5.41. The molecule has 0 bridgehead atoms. The van der Waals surface area contributed by atoms with Crippen LogP contribution in [0.4, 0.5) is 5.69 Å². The summed E-state index contributed by atoms with van der Waals surface area (Å²) < 4.78 is 0. The Balaban J connectivity index is 2.18. The maximum absolute atomic E-state index is 12.1. The first-order chi connectivity index (χ1) is 8.90. The maximum Gasteiger partial charge on any atom is 0.328 e. The van der Waals surface area contributed by atoms with E-state index in [-0.39, 0.29) is 5.91 Å². The van der Waals surface area contributed by atoms with E-state index in [1.54, 1.807) is 6.07 Å². The Morgan fingerprint density at radius 3 is 2.79 bits per heavy atom. The molecule has 0 unspecified atom stereocenters. The molecule has 0 aliphatic carbocycles. The van der Waals surface area contributed by atoms with Gasteiger partial charge in [0.2, 0.25) is 0 Å². The van der Waals surface area contributed by atoms with E-state index in [0.29, 0.717) is 5.56 Å². The molecule has 5 heteroatoms. The van der Waals surface area contributed by atoms with Gasteiger partial charge in [-0.3, -0.25) is 4.79 Å². The van der Waals surface area contributed by atoms with Crippen molar-refractivity contribution < 1.29 is 14.7 Å².